The van der Waals surface area contributed by atoms with E-state index < -0.39 is 97.3 Å². The second kappa shape index (κ2) is 10.7. The van der Waals surface area contributed by atoms with E-state index in [2.05, 4.69) is 4.74 Å². The van der Waals surface area contributed by atoms with Crippen molar-refractivity contribution < 1.29 is 104 Å². The molecule has 0 rings (SSSR count). The number of halogens is 17. The van der Waals surface area contributed by atoms with Crippen LogP contribution in [0, 0.1) is 5.92 Å². The fourth-order valence-electron chi connectivity index (χ4n) is 2.36. The Bertz CT molecular complexity index is 927. The highest BCUT2D eigenvalue weighted by Gasteiger charge is 2.95. The van der Waals surface area contributed by atoms with Crippen molar-refractivity contribution in [2.75, 3.05) is 6.61 Å². The predicted octanol–water partition coefficient (Wildman–Crippen LogP) is 5.49. The van der Waals surface area contributed by atoms with Crippen LogP contribution in [0.4, 0.5) is 74.6 Å². The summed E-state index contributed by atoms with van der Waals surface area (Å²) in [5.41, 5.74) is 0. The van der Waals surface area contributed by atoms with Crippen LogP contribution >= 0.6 is 0 Å². The molecule has 230 valence electrons. The van der Waals surface area contributed by atoms with Crippen molar-refractivity contribution in [2.45, 2.75) is 66.9 Å². The summed E-state index contributed by atoms with van der Waals surface area (Å²) < 4.78 is 227. The van der Waals surface area contributed by atoms with Crippen LogP contribution in [0.25, 0.3) is 0 Å². The van der Waals surface area contributed by atoms with Crippen molar-refractivity contribution in [3.8, 4) is 0 Å². The molecule has 0 fully saturated rings. The van der Waals surface area contributed by atoms with Crippen LogP contribution in [-0.4, -0.2) is 82.4 Å². The second-order valence-corrected chi connectivity index (χ2v) is 7.46. The lowest BCUT2D eigenvalue weighted by Crippen LogP contribution is -2.74. The fraction of sp³-hybridized carbons (Fsp3) is 0.812. The van der Waals surface area contributed by atoms with E-state index in [-0.39, 0.29) is 0 Å². The lowest BCUT2D eigenvalue weighted by molar-refractivity contribution is -0.461. The number of rotatable bonds is 14. The molecule has 1 unspecified atom stereocenters. The van der Waals surface area contributed by atoms with Crippen molar-refractivity contribution >= 4 is 17.9 Å². The molecule has 39 heavy (non-hydrogen) atoms. The quantitative estimate of drug-likeness (QED) is 0.196. The number of carboxylic acid groups (broad SMARTS) is 2. The molecule has 0 radical (unpaired) electrons. The van der Waals surface area contributed by atoms with Crippen LogP contribution in [-0.2, 0) is 19.1 Å². The van der Waals surface area contributed by atoms with Crippen LogP contribution in [0.2, 0.25) is 0 Å². The second-order valence-electron chi connectivity index (χ2n) is 7.46. The highest BCUT2D eigenvalue weighted by Crippen LogP contribution is 2.64. The highest BCUT2D eigenvalue weighted by atomic mass is 19.4. The standard InChI is InChI=1S/C16H11F17O6/c17-9(18,1-2-39-7(36)4-5(8(37)38)3-6(34)35)10(19,20)11(21,22)12(23,24)13(25,26)14(27,28)15(29,30)16(31,32)33/h5H,1-4H2,(H,34,35)(H,37,38). The molecular weight excluding hydrogens is 611 g/mol. The largest absolute Gasteiger partial charge is 0.481 e. The van der Waals surface area contributed by atoms with E-state index in [1.807, 2.05) is 0 Å². The first-order valence-electron chi connectivity index (χ1n) is 9.18. The molecule has 0 aliphatic heterocycles. The lowest BCUT2D eigenvalue weighted by Gasteiger charge is -2.42. The Morgan fingerprint density at radius 1 is 0.564 bits per heavy atom. The third-order valence-electron chi connectivity index (χ3n) is 4.65. The third-order valence-corrected chi connectivity index (χ3v) is 4.65. The highest BCUT2D eigenvalue weighted by molar-refractivity contribution is 5.82. The van der Waals surface area contributed by atoms with Crippen molar-refractivity contribution in [1.29, 1.82) is 0 Å². The molecule has 0 spiro atoms. The third kappa shape index (κ3) is 6.19. The molecule has 0 aromatic heterocycles. The number of carbonyl (C=O) groups excluding carboxylic acids is 1. The molecule has 23 heteroatoms. The first-order chi connectivity index (χ1) is 16.9. The van der Waals surface area contributed by atoms with Gasteiger partial charge in [-0.1, -0.05) is 0 Å². The fourth-order valence-corrected chi connectivity index (χ4v) is 2.36. The molecule has 2 N–H and O–H groups in total. The normalized spacial score (nSPS) is 15.6. The summed E-state index contributed by atoms with van der Waals surface area (Å²) >= 11 is 0. The Balaban J connectivity index is 6.05. The van der Waals surface area contributed by atoms with Gasteiger partial charge in [0.25, 0.3) is 0 Å². The van der Waals surface area contributed by atoms with Gasteiger partial charge in [-0.2, -0.15) is 74.6 Å². The maximum atomic E-state index is 13.7. The van der Waals surface area contributed by atoms with E-state index in [0.29, 0.717) is 0 Å². The maximum absolute atomic E-state index is 13.7. The van der Waals surface area contributed by atoms with E-state index >= 15 is 0 Å². The summed E-state index contributed by atoms with van der Waals surface area (Å²) in [5.74, 6) is -65.7. The average molecular weight is 622 g/mol. The molecule has 0 aromatic carbocycles. The Hall–Kier alpha value is -2.78. The number of carbonyl (C=O) groups is 3. The van der Waals surface area contributed by atoms with Gasteiger partial charge in [-0.15, -0.1) is 0 Å². The molecule has 0 aromatic rings. The summed E-state index contributed by atoms with van der Waals surface area (Å²) in [6.45, 7) is -2.26. The van der Waals surface area contributed by atoms with Gasteiger partial charge < -0.3 is 14.9 Å². The number of carboxylic acids is 2. The smallest absolute Gasteiger partial charge is 0.460 e. The van der Waals surface area contributed by atoms with Crippen molar-refractivity contribution in [2.24, 2.45) is 5.92 Å². The summed E-state index contributed by atoms with van der Waals surface area (Å²) in [7, 11) is 0. The molecule has 0 bridgehead atoms. The van der Waals surface area contributed by atoms with Gasteiger partial charge in [0.05, 0.1) is 31.8 Å². The van der Waals surface area contributed by atoms with Crippen LogP contribution in [0.3, 0.4) is 0 Å². The number of aliphatic carboxylic acids is 2. The zero-order chi connectivity index (χ0) is 31.8. The van der Waals surface area contributed by atoms with E-state index in [1.165, 1.54) is 0 Å². The van der Waals surface area contributed by atoms with Crippen LogP contribution in [0.15, 0.2) is 0 Å². The first kappa shape index (κ1) is 36.2. The van der Waals surface area contributed by atoms with E-state index in [9.17, 15) is 89.0 Å². The van der Waals surface area contributed by atoms with Crippen molar-refractivity contribution in [3.63, 3.8) is 0 Å². The van der Waals surface area contributed by atoms with Gasteiger partial charge in [-0.3, -0.25) is 14.4 Å². The molecule has 0 saturated carbocycles. The average Bonchev–Trinajstić information content (AvgIpc) is 2.70. The van der Waals surface area contributed by atoms with Crippen LogP contribution in [0.5, 0.6) is 0 Å². The number of hydrogen-bond acceptors (Lipinski definition) is 4. The molecule has 0 saturated heterocycles. The van der Waals surface area contributed by atoms with Crippen LogP contribution in [0.1, 0.15) is 19.3 Å². The number of alkyl halides is 17. The number of esters is 1. The molecule has 0 heterocycles. The lowest BCUT2D eigenvalue weighted by atomic mass is 9.88. The Morgan fingerprint density at radius 3 is 1.26 bits per heavy atom. The van der Waals surface area contributed by atoms with Crippen LogP contribution < -0.4 is 0 Å². The Kier molecular flexibility index (Phi) is 9.89. The SMILES string of the molecule is O=C(O)CC(CC(=O)OCCC(F)(F)C(F)(F)C(F)(F)C(F)(F)C(F)(F)C(F)(F)C(F)(F)C(F)(F)F)C(=O)O. The van der Waals surface area contributed by atoms with Gasteiger partial charge in [-0.25, -0.2) is 0 Å². The summed E-state index contributed by atoms with van der Waals surface area (Å²) in [5, 5.41) is 17.1. The van der Waals surface area contributed by atoms with E-state index in [0.717, 1.165) is 0 Å². The Morgan fingerprint density at radius 2 is 0.923 bits per heavy atom. The molecule has 0 aliphatic carbocycles. The minimum Gasteiger partial charge on any atom is -0.481 e. The minimum absolute atomic E-state index is 1.31. The van der Waals surface area contributed by atoms with Gasteiger partial charge >= 0.3 is 65.5 Å². The maximum Gasteiger partial charge on any atom is 0.460 e. The predicted molar refractivity (Wildman–Crippen MR) is 84.3 cm³/mol. The number of ether oxygens (including phenoxy) is 1. The topological polar surface area (TPSA) is 101 Å². The monoisotopic (exact) mass is 622 g/mol. The summed E-state index contributed by atoms with van der Waals surface area (Å²) in [6.07, 6.45) is -13.7. The minimum atomic E-state index is -8.77. The molecule has 6 nitrogen and oxygen atoms in total. The summed E-state index contributed by atoms with van der Waals surface area (Å²) in [6, 6.07) is 0. The van der Waals surface area contributed by atoms with Gasteiger partial charge in [-0.05, 0) is 0 Å². The van der Waals surface area contributed by atoms with Gasteiger partial charge in [0.1, 0.15) is 0 Å². The Labute approximate surface area is 202 Å². The molecule has 1 atom stereocenters. The zero-order valence-corrected chi connectivity index (χ0v) is 17.9. The van der Waals surface area contributed by atoms with Gasteiger partial charge in [0.15, 0.2) is 0 Å². The van der Waals surface area contributed by atoms with Crippen molar-refractivity contribution in [1.82, 2.24) is 0 Å². The van der Waals surface area contributed by atoms with E-state index in [4.69, 9.17) is 10.2 Å². The van der Waals surface area contributed by atoms with Gasteiger partial charge in [0.2, 0.25) is 0 Å². The van der Waals surface area contributed by atoms with Crippen molar-refractivity contribution in [3.05, 3.63) is 0 Å². The molecule has 0 amide bonds. The van der Waals surface area contributed by atoms with Gasteiger partial charge in [0, 0.05) is 0 Å². The summed E-state index contributed by atoms with van der Waals surface area (Å²) in [4.78, 5) is 32.5. The first-order valence-corrected chi connectivity index (χ1v) is 9.18. The number of hydrogen-bond donors (Lipinski definition) is 2. The zero-order valence-electron chi connectivity index (χ0n) is 17.9. The molecule has 0 aliphatic rings. The molecular formula is C16H11F17O6. The van der Waals surface area contributed by atoms with E-state index in [1.54, 1.807) is 0 Å².